The minimum atomic E-state index is -4.38. The molecule has 0 aliphatic heterocycles. The summed E-state index contributed by atoms with van der Waals surface area (Å²) in [5.74, 6) is -0.000934. The van der Waals surface area contributed by atoms with Gasteiger partial charge in [0.05, 0.1) is 5.02 Å². The van der Waals surface area contributed by atoms with Gasteiger partial charge in [-0.15, -0.1) is 0 Å². The number of alkyl halides is 3. The van der Waals surface area contributed by atoms with E-state index in [-0.39, 0.29) is 17.3 Å². The molecular formula is C9H9ClF3NO. The van der Waals surface area contributed by atoms with Gasteiger partial charge in [-0.1, -0.05) is 23.7 Å². The van der Waals surface area contributed by atoms with E-state index in [9.17, 15) is 13.2 Å². The first-order valence-corrected chi connectivity index (χ1v) is 4.49. The molecule has 0 saturated heterocycles. The van der Waals surface area contributed by atoms with Crippen LogP contribution in [-0.4, -0.2) is 12.8 Å². The maximum absolute atomic E-state index is 11.9. The first kappa shape index (κ1) is 12.1. The Bertz CT molecular complexity index is 341. The fraction of sp³-hybridized carbons (Fsp3) is 0.333. The van der Waals surface area contributed by atoms with Crippen molar-refractivity contribution in [3.8, 4) is 5.75 Å². The Balaban J connectivity index is 2.83. The Hall–Kier alpha value is -0.940. The zero-order valence-electron chi connectivity index (χ0n) is 7.64. The molecule has 0 heterocycles. The van der Waals surface area contributed by atoms with Crippen LogP contribution < -0.4 is 10.5 Å². The molecule has 0 radical (unpaired) electrons. The van der Waals surface area contributed by atoms with Crippen molar-refractivity contribution < 1.29 is 17.9 Å². The summed E-state index contributed by atoms with van der Waals surface area (Å²) < 4.78 is 40.3. The van der Waals surface area contributed by atoms with Gasteiger partial charge in [-0.25, -0.2) is 0 Å². The van der Waals surface area contributed by atoms with Gasteiger partial charge in [0, 0.05) is 12.1 Å². The molecule has 84 valence electrons. The van der Waals surface area contributed by atoms with Gasteiger partial charge in [0.15, 0.2) is 6.61 Å². The van der Waals surface area contributed by atoms with E-state index in [2.05, 4.69) is 4.74 Å². The summed E-state index contributed by atoms with van der Waals surface area (Å²) in [4.78, 5) is 0. The summed E-state index contributed by atoms with van der Waals surface area (Å²) in [7, 11) is 0. The molecular weight excluding hydrogens is 231 g/mol. The lowest BCUT2D eigenvalue weighted by Gasteiger charge is -2.13. The van der Waals surface area contributed by atoms with Crippen molar-refractivity contribution >= 4 is 11.6 Å². The molecule has 1 rings (SSSR count). The van der Waals surface area contributed by atoms with Crippen molar-refractivity contribution in [2.24, 2.45) is 5.73 Å². The number of para-hydroxylation sites is 1. The quantitative estimate of drug-likeness (QED) is 0.880. The minimum Gasteiger partial charge on any atom is -0.482 e. The summed E-state index contributed by atoms with van der Waals surface area (Å²) in [6.45, 7) is -1.29. The number of hydrogen-bond acceptors (Lipinski definition) is 2. The summed E-state index contributed by atoms with van der Waals surface area (Å²) in [5.41, 5.74) is 5.79. The van der Waals surface area contributed by atoms with Crippen LogP contribution in [0.4, 0.5) is 13.2 Å². The summed E-state index contributed by atoms with van der Waals surface area (Å²) in [6.07, 6.45) is -4.38. The Morgan fingerprint density at radius 2 is 2.00 bits per heavy atom. The highest BCUT2D eigenvalue weighted by Crippen LogP contribution is 2.29. The van der Waals surface area contributed by atoms with Crippen LogP contribution in [0.15, 0.2) is 18.2 Å². The SMILES string of the molecule is NCc1cccc(Cl)c1OCC(F)(F)F. The van der Waals surface area contributed by atoms with Gasteiger partial charge in [0.25, 0.3) is 0 Å². The second kappa shape index (κ2) is 4.72. The molecule has 15 heavy (non-hydrogen) atoms. The van der Waals surface area contributed by atoms with Crippen LogP contribution in [0.1, 0.15) is 5.56 Å². The van der Waals surface area contributed by atoms with Gasteiger partial charge in [-0.2, -0.15) is 13.2 Å². The van der Waals surface area contributed by atoms with Gasteiger partial charge < -0.3 is 10.5 Å². The van der Waals surface area contributed by atoms with E-state index >= 15 is 0 Å². The van der Waals surface area contributed by atoms with Gasteiger partial charge in [0.1, 0.15) is 5.75 Å². The third-order valence-electron chi connectivity index (χ3n) is 1.65. The second-order valence-corrected chi connectivity index (χ2v) is 3.24. The van der Waals surface area contributed by atoms with Crippen LogP contribution in [0.3, 0.4) is 0 Å². The molecule has 1 aromatic carbocycles. The van der Waals surface area contributed by atoms with Crippen molar-refractivity contribution in [3.05, 3.63) is 28.8 Å². The van der Waals surface area contributed by atoms with E-state index in [4.69, 9.17) is 17.3 Å². The van der Waals surface area contributed by atoms with E-state index < -0.39 is 12.8 Å². The predicted octanol–water partition coefficient (Wildman–Crippen LogP) is 2.74. The topological polar surface area (TPSA) is 35.2 Å². The van der Waals surface area contributed by atoms with Crippen LogP contribution in [0, 0.1) is 0 Å². The molecule has 1 aromatic rings. The van der Waals surface area contributed by atoms with E-state index in [1.54, 1.807) is 12.1 Å². The highest BCUT2D eigenvalue weighted by atomic mass is 35.5. The zero-order valence-corrected chi connectivity index (χ0v) is 8.40. The fourth-order valence-electron chi connectivity index (χ4n) is 1.03. The molecule has 0 saturated carbocycles. The first-order chi connectivity index (χ1) is 6.94. The number of benzene rings is 1. The zero-order chi connectivity index (χ0) is 11.5. The largest absolute Gasteiger partial charge is 0.482 e. The Morgan fingerprint density at radius 3 is 2.53 bits per heavy atom. The smallest absolute Gasteiger partial charge is 0.422 e. The number of rotatable bonds is 3. The summed E-state index contributed by atoms with van der Waals surface area (Å²) in [5, 5.41) is 0.127. The van der Waals surface area contributed by atoms with Gasteiger partial charge in [-0.05, 0) is 6.07 Å². The third-order valence-corrected chi connectivity index (χ3v) is 1.95. The molecule has 6 heteroatoms. The lowest BCUT2D eigenvalue weighted by Crippen LogP contribution is -2.20. The summed E-state index contributed by atoms with van der Waals surface area (Å²) in [6, 6.07) is 4.62. The number of ether oxygens (including phenoxy) is 1. The van der Waals surface area contributed by atoms with E-state index in [1.165, 1.54) is 6.07 Å². The van der Waals surface area contributed by atoms with Crippen molar-refractivity contribution in [1.29, 1.82) is 0 Å². The average molecular weight is 240 g/mol. The normalized spacial score (nSPS) is 11.5. The monoisotopic (exact) mass is 239 g/mol. The molecule has 0 aliphatic rings. The van der Waals surface area contributed by atoms with E-state index in [1.807, 2.05) is 0 Å². The van der Waals surface area contributed by atoms with E-state index in [0.717, 1.165) is 0 Å². The Kier molecular flexibility index (Phi) is 3.82. The van der Waals surface area contributed by atoms with Crippen molar-refractivity contribution in [2.45, 2.75) is 12.7 Å². The van der Waals surface area contributed by atoms with Crippen LogP contribution in [0.25, 0.3) is 0 Å². The Morgan fingerprint density at radius 1 is 1.33 bits per heavy atom. The predicted molar refractivity (Wildman–Crippen MR) is 50.9 cm³/mol. The molecule has 0 atom stereocenters. The number of halogens is 4. The van der Waals surface area contributed by atoms with Crippen molar-refractivity contribution in [2.75, 3.05) is 6.61 Å². The molecule has 2 nitrogen and oxygen atoms in total. The van der Waals surface area contributed by atoms with Gasteiger partial charge in [-0.3, -0.25) is 0 Å². The van der Waals surface area contributed by atoms with E-state index in [0.29, 0.717) is 5.56 Å². The maximum atomic E-state index is 11.9. The second-order valence-electron chi connectivity index (χ2n) is 2.84. The van der Waals surface area contributed by atoms with Crippen LogP contribution in [-0.2, 0) is 6.54 Å². The van der Waals surface area contributed by atoms with Crippen molar-refractivity contribution in [3.63, 3.8) is 0 Å². The molecule has 0 spiro atoms. The van der Waals surface area contributed by atoms with Crippen LogP contribution in [0.5, 0.6) is 5.75 Å². The maximum Gasteiger partial charge on any atom is 0.422 e. The number of hydrogen-bond donors (Lipinski definition) is 1. The first-order valence-electron chi connectivity index (χ1n) is 4.11. The molecule has 0 amide bonds. The molecule has 0 aliphatic carbocycles. The van der Waals surface area contributed by atoms with Gasteiger partial charge in [0.2, 0.25) is 0 Å². The third kappa shape index (κ3) is 3.60. The molecule has 0 unspecified atom stereocenters. The molecule has 0 aromatic heterocycles. The standard InChI is InChI=1S/C9H9ClF3NO/c10-7-3-1-2-6(4-14)8(7)15-5-9(11,12)13/h1-3H,4-5,14H2. The summed E-state index contributed by atoms with van der Waals surface area (Å²) >= 11 is 5.69. The number of nitrogens with two attached hydrogens (primary N) is 1. The highest BCUT2D eigenvalue weighted by Gasteiger charge is 2.29. The molecule has 0 fully saturated rings. The van der Waals surface area contributed by atoms with Crippen LogP contribution >= 0.6 is 11.6 Å². The molecule has 2 N–H and O–H groups in total. The average Bonchev–Trinajstić information content (AvgIpc) is 2.14. The van der Waals surface area contributed by atoms with Crippen LogP contribution in [0.2, 0.25) is 5.02 Å². The lowest BCUT2D eigenvalue weighted by molar-refractivity contribution is -0.153. The van der Waals surface area contributed by atoms with Crippen molar-refractivity contribution in [1.82, 2.24) is 0 Å². The Labute approximate surface area is 89.8 Å². The minimum absolute atomic E-state index is 0.000934. The lowest BCUT2D eigenvalue weighted by atomic mass is 10.2. The van der Waals surface area contributed by atoms with Gasteiger partial charge >= 0.3 is 6.18 Å². The molecule has 0 bridgehead atoms. The fourth-order valence-corrected chi connectivity index (χ4v) is 1.28. The highest BCUT2D eigenvalue weighted by molar-refractivity contribution is 6.32.